The lowest BCUT2D eigenvalue weighted by Gasteiger charge is -2.35. The first kappa shape index (κ1) is 19.3. The zero-order chi connectivity index (χ0) is 18.7. The van der Waals surface area contributed by atoms with Gasteiger partial charge in [-0.15, -0.1) is 0 Å². The van der Waals surface area contributed by atoms with Crippen molar-refractivity contribution in [1.29, 1.82) is 0 Å². The third kappa shape index (κ3) is 4.62. The molecule has 3 fully saturated rings. The van der Waals surface area contributed by atoms with Crippen LogP contribution in [0.15, 0.2) is 0 Å². The molecule has 8 heteroatoms. The number of hydrogen-bond donors (Lipinski definition) is 1. The zero-order valence-electron chi connectivity index (χ0n) is 15.1. The molecule has 5 nitrogen and oxygen atoms in total. The molecule has 2 atom stereocenters. The Morgan fingerprint density at radius 3 is 2.08 bits per heavy atom. The Morgan fingerprint density at radius 1 is 0.846 bits per heavy atom. The standard InChI is InChI=1S/C18H28F3N3O2/c19-18(20,21)14-4-3-5-15(12-14)22-16(25)13-6-10-24(11-7-13)17(26)23-8-1-2-9-23/h13-15H,1-12H2,(H,22,25). The summed E-state index contributed by atoms with van der Waals surface area (Å²) < 4.78 is 38.7. The fraction of sp³-hybridized carbons (Fsp3) is 0.889. The van der Waals surface area contributed by atoms with Crippen molar-refractivity contribution in [3.63, 3.8) is 0 Å². The number of urea groups is 1. The van der Waals surface area contributed by atoms with Crippen molar-refractivity contribution in [1.82, 2.24) is 15.1 Å². The van der Waals surface area contributed by atoms with Gasteiger partial charge in [-0.25, -0.2) is 4.79 Å². The maximum atomic E-state index is 12.9. The van der Waals surface area contributed by atoms with Crippen LogP contribution >= 0.6 is 0 Å². The molecule has 0 aromatic heterocycles. The van der Waals surface area contributed by atoms with Gasteiger partial charge in [-0.1, -0.05) is 6.42 Å². The molecular weight excluding hydrogens is 347 g/mol. The molecule has 0 aromatic rings. The van der Waals surface area contributed by atoms with Crippen molar-refractivity contribution < 1.29 is 22.8 Å². The van der Waals surface area contributed by atoms with Crippen LogP contribution in [-0.4, -0.2) is 60.1 Å². The first-order valence-electron chi connectivity index (χ1n) is 9.75. The second-order valence-corrected chi connectivity index (χ2v) is 7.85. The predicted molar refractivity (Wildman–Crippen MR) is 90.4 cm³/mol. The van der Waals surface area contributed by atoms with Gasteiger partial charge in [0.05, 0.1) is 5.92 Å². The zero-order valence-corrected chi connectivity index (χ0v) is 15.1. The van der Waals surface area contributed by atoms with Gasteiger partial charge in [0.2, 0.25) is 5.91 Å². The highest BCUT2D eigenvalue weighted by atomic mass is 19.4. The molecule has 2 unspecified atom stereocenters. The van der Waals surface area contributed by atoms with Crippen LogP contribution in [0.1, 0.15) is 51.4 Å². The van der Waals surface area contributed by atoms with Crippen molar-refractivity contribution in [2.45, 2.75) is 63.6 Å². The van der Waals surface area contributed by atoms with E-state index >= 15 is 0 Å². The van der Waals surface area contributed by atoms with Crippen LogP contribution in [0.2, 0.25) is 0 Å². The van der Waals surface area contributed by atoms with Gasteiger partial charge in [-0.2, -0.15) is 13.2 Å². The van der Waals surface area contributed by atoms with Crippen LogP contribution in [0.3, 0.4) is 0 Å². The monoisotopic (exact) mass is 375 g/mol. The number of nitrogens with zero attached hydrogens (tertiary/aromatic N) is 2. The highest BCUT2D eigenvalue weighted by Crippen LogP contribution is 2.37. The van der Waals surface area contributed by atoms with E-state index in [1.165, 1.54) is 0 Å². The van der Waals surface area contributed by atoms with Gasteiger partial charge in [0, 0.05) is 38.1 Å². The summed E-state index contributed by atoms with van der Waals surface area (Å²) in [5.41, 5.74) is 0. The van der Waals surface area contributed by atoms with E-state index in [2.05, 4.69) is 5.32 Å². The minimum absolute atomic E-state index is 0.0124. The molecule has 0 radical (unpaired) electrons. The van der Waals surface area contributed by atoms with E-state index in [-0.39, 0.29) is 36.7 Å². The van der Waals surface area contributed by atoms with E-state index in [1.807, 2.05) is 4.90 Å². The largest absolute Gasteiger partial charge is 0.391 e. The van der Waals surface area contributed by atoms with E-state index < -0.39 is 12.1 Å². The fourth-order valence-corrected chi connectivity index (χ4v) is 4.38. The van der Waals surface area contributed by atoms with Gasteiger partial charge in [0.15, 0.2) is 0 Å². The SMILES string of the molecule is O=C(NC1CCCC(C(F)(F)F)C1)C1CCN(C(=O)N2CCCC2)CC1. The molecule has 148 valence electrons. The number of amides is 3. The van der Waals surface area contributed by atoms with Crippen LogP contribution in [0.5, 0.6) is 0 Å². The summed E-state index contributed by atoms with van der Waals surface area (Å²) in [6.45, 7) is 2.70. The van der Waals surface area contributed by atoms with Gasteiger partial charge < -0.3 is 15.1 Å². The Hall–Kier alpha value is -1.47. The van der Waals surface area contributed by atoms with Gasteiger partial charge in [-0.3, -0.25) is 4.79 Å². The highest BCUT2D eigenvalue weighted by Gasteiger charge is 2.42. The lowest BCUT2D eigenvalue weighted by molar-refractivity contribution is -0.184. The maximum Gasteiger partial charge on any atom is 0.391 e. The molecule has 0 aromatic carbocycles. The summed E-state index contributed by atoms with van der Waals surface area (Å²) in [4.78, 5) is 28.5. The Balaban J connectivity index is 1.44. The summed E-state index contributed by atoms with van der Waals surface area (Å²) in [6, 6.07) is -0.325. The number of carbonyl (C=O) groups excluding carboxylic acids is 2. The highest BCUT2D eigenvalue weighted by molar-refractivity contribution is 5.80. The molecule has 2 heterocycles. The van der Waals surface area contributed by atoms with E-state index in [0.717, 1.165) is 25.9 Å². The molecule has 1 saturated carbocycles. The normalized spacial score (nSPS) is 28.3. The van der Waals surface area contributed by atoms with E-state index in [1.54, 1.807) is 4.90 Å². The second kappa shape index (κ2) is 8.05. The molecule has 1 aliphatic carbocycles. The summed E-state index contributed by atoms with van der Waals surface area (Å²) in [5.74, 6) is -1.66. The van der Waals surface area contributed by atoms with Gasteiger partial charge >= 0.3 is 12.2 Å². The van der Waals surface area contributed by atoms with Crippen molar-refractivity contribution in [3.05, 3.63) is 0 Å². The Bertz CT molecular complexity index is 512. The van der Waals surface area contributed by atoms with E-state index in [0.29, 0.717) is 38.8 Å². The minimum Gasteiger partial charge on any atom is -0.353 e. The lowest BCUT2D eigenvalue weighted by atomic mass is 9.84. The summed E-state index contributed by atoms with van der Waals surface area (Å²) in [7, 11) is 0. The number of likely N-dealkylation sites (tertiary alicyclic amines) is 2. The molecule has 2 saturated heterocycles. The molecule has 26 heavy (non-hydrogen) atoms. The summed E-state index contributed by atoms with van der Waals surface area (Å²) >= 11 is 0. The number of nitrogens with one attached hydrogen (secondary N) is 1. The average molecular weight is 375 g/mol. The Morgan fingerprint density at radius 2 is 1.46 bits per heavy atom. The lowest BCUT2D eigenvalue weighted by Crippen LogP contribution is -2.49. The molecular formula is C18H28F3N3O2. The van der Waals surface area contributed by atoms with Gasteiger partial charge in [0.25, 0.3) is 0 Å². The third-order valence-electron chi connectivity index (χ3n) is 6.00. The first-order chi connectivity index (χ1) is 12.3. The number of rotatable bonds is 2. The number of hydrogen-bond acceptors (Lipinski definition) is 2. The number of halogens is 3. The molecule has 2 aliphatic heterocycles. The van der Waals surface area contributed by atoms with Crippen LogP contribution in [0.25, 0.3) is 0 Å². The van der Waals surface area contributed by atoms with Gasteiger partial charge in [0.1, 0.15) is 0 Å². The van der Waals surface area contributed by atoms with Crippen LogP contribution in [-0.2, 0) is 4.79 Å². The summed E-state index contributed by atoms with van der Waals surface area (Å²) in [5, 5.41) is 2.84. The smallest absolute Gasteiger partial charge is 0.353 e. The Labute approximate surface area is 152 Å². The van der Waals surface area contributed by atoms with Crippen molar-refractivity contribution in [3.8, 4) is 0 Å². The quantitative estimate of drug-likeness (QED) is 0.806. The maximum absolute atomic E-state index is 12.9. The molecule has 3 amide bonds. The average Bonchev–Trinajstić information content (AvgIpc) is 3.15. The first-order valence-corrected chi connectivity index (χ1v) is 9.75. The number of carbonyl (C=O) groups is 2. The van der Waals surface area contributed by atoms with Crippen molar-refractivity contribution in [2.24, 2.45) is 11.8 Å². The molecule has 1 N–H and O–H groups in total. The topological polar surface area (TPSA) is 52.7 Å². The van der Waals surface area contributed by atoms with Crippen LogP contribution in [0.4, 0.5) is 18.0 Å². The second-order valence-electron chi connectivity index (χ2n) is 7.85. The van der Waals surface area contributed by atoms with Crippen LogP contribution in [0, 0.1) is 11.8 Å². The Kier molecular flexibility index (Phi) is 5.97. The predicted octanol–water partition coefficient (Wildman–Crippen LogP) is 3.15. The summed E-state index contributed by atoms with van der Waals surface area (Å²) in [6.07, 6.45) is 0.346. The third-order valence-corrected chi connectivity index (χ3v) is 6.00. The van der Waals surface area contributed by atoms with Crippen LogP contribution < -0.4 is 5.32 Å². The number of piperidine rings is 1. The number of alkyl halides is 3. The van der Waals surface area contributed by atoms with Crippen molar-refractivity contribution in [2.75, 3.05) is 26.2 Å². The molecule has 3 rings (SSSR count). The van der Waals surface area contributed by atoms with E-state index in [4.69, 9.17) is 0 Å². The van der Waals surface area contributed by atoms with Crippen molar-refractivity contribution >= 4 is 11.9 Å². The van der Waals surface area contributed by atoms with Gasteiger partial charge in [-0.05, 0) is 44.9 Å². The molecule has 3 aliphatic rings. The molecule has 0 spiro atoms. The fourth-order valence-electron chi connectivity index (χ4n) is 4.38. The van der Waals surface area contributed by atoms with E-state index in [9.17, 15) is 22.8 Å². The minimum atomic E-state index is -4.18. The molecule has 0 bridgehead atoms.